The lowest BCUT2D eigenvalue weighted by molar-refractivity contribution is -0.153. The number of amides is 2. The fourth-order valence-electron chi connectivity index (χ4n) is 6.64. The molecule has 0 aromatic heterocycles. The average molecular weight is 554 g/mol. The SMILES string of the molecule is CC(C)C(C(=O)O)N(C)C(=O)C1CCN(C(=O)C2CN2C(c2ccccc2)(c2ccccc2)c2ccccc2)CC1. The van der Waals surface area contributed by atoms with E-state index in [1.165, 1.54) is 4.90 Å². The van der Waals surface area contributed by atoms with E-state index in [2.05, 4.69) is 41.3 Å². The number of carbonyl (C=O) groups excluding carboxylic acids is 2. The fraction of sp³-hybridized carbons (Fsp3) is 0.382. The van der Waals surface area contributed by atoms with E-state index >= 15 is 0 Å². The molecule has 2 fully saturated rings. The summed E-state index contributed by atoms with van der Waals surface area (Å²) in [7, 11) is 1.58. The molecular formula is C34H39N3O4. The number of likely N-dealkylation sites (N-methyl/N-ethyl adjacent to an activating group) is 1. The van der Waals surface area contributed by atoms with Crippen LogP contribution in [0.2, 0.25) is 0 Å². The van der Waals surface area contributed by atoms with Gasteiger partial charge in [0.2, 0.25) is 11.8 Å². The number of benzene rings is 3. The smallest absolute Gasteiger partial charge is 0.326 e. The molecule has 0 spiro atoms. The zero-order valence-electron chi connectivity index (χ0n) is 24.0. The van der Waals surface area contributed by atoms with E-state index in [1.54, 1.807) is 7.05 Å². The van der Waals surface area contributed by atoms with Gasteiger partial charge in [0.15, 0.2) is 0 Å². The minimum Gasteiger partial charge on any atom is -0.480 e. The maximum absolute atomic E-state index is 13.9. The van der Waals surface area contributed by atoms with Gasteiger partial charge >= 0.3 is 5.97 Å². The van der Waals surface area contributed by atoms with Gasteiger partial charge in [0.25, 0.3) is 0 Å². The first-order chi connectivity index (χ1) is 19.8. The number of carboxylic acid groups (broad SMARTS) is 1. The van der Waals surface area contributed by atoms with E-state index in [0.717, 1.165) is 16.7 Å². The molecule has 7 heteroatoms. The molecule has 1 N–H and O–H groups in total. The molecule has 2 aliphatic rings. The number of carboxylic acids is 1. The molecule has 2 saturated heterocycles. The summed E-state index contributed by atoms with van der Waals surface area (Å²) in [4.78, 5) is 44.4. The Bertz CT molecular complexity index is 1260. The zero-order chi connectivity index (χ0) is 29.1. The molecule has 5 rings (SSSR count). The second-order valence-electron chi connectivity index (χ2n) is 11.6. The Balaban J connectivity index is 1.36. The number of likely N-dealkylation sites (tertiary alicyclic amines) is 1. The van der Waals surface area contributed by atoms with Gasteiger partial charge in [0, 0.05) is 32.6 Å². The van der Waals surface area contributed by atoms with Crippen LogP contribution in [0.4, 0.5) is 0 Å². The second-order valence-corrected chi connectivity index (χ2v) is 11.6. The topological polar surface area (TPSA) is 80.9 Å². The Morgan fingerprint density at radius 1 is 0.805 bits per heavy atom. The van der Waals surface area contributed by atoms with Crippen molar-refractivity contribution in [3.8, 4) is 0 Å². The molecule has 2 amide bonds. The molecular weight excluding hydrogens is 514 g/mol. The minimum atomic E-state index is -0.990. The number of hydrogen-bond acceptors (Lipinski definition) is 4. The molecule has 7 nitrogen and oxygen atoms in total. The summed E-state index contributed by atoms with van der Waals surface area (Å²) < 4.78 is 0. The number of piperidine rings is 1. The lowest BCUT2D eigenvalue weighted by Crippen LogP contribution is -2.51. The molecule has 3 aromatic carbocycles. The molecule has 214 valence electrons. The number of aliphatic carboxylic acids is 1. The van der Waals surface area contributed by atoms with Gasteiger partial charge in [-0.15, -0.1) is 0 Å². The second kappa shape index (κ2) is 11.9. The van der Waals surface area contributed by atoms with Crippen LogP contribution in [0.25, 0.3) is 0 Å². The van der Waals surface area contributed by atoms with Crippen LogP contribution in [0.1, 0.15) is 43.4 Å². The van der Waals surface area contributed by atoms with Crippen molar-refractivity contribution in [1.82, 2.24) is 14.7 Å². The molecule has 2 aliphatic heterocycles. The average Bonchev–Trinajstić information content (AvgIpc) is 3.79. The number of rotatable bonds is 9. The van der Waals surface area contributed by atoms with Crippen LogP contribution >= 0.6 is 0 Å². The molecule has 3 unspecified atom stereocenters. The predicted octanol–water partition coefficient (Wildman–Crippen LogP) is 4.47. The van der Waals surface area contributed by atoms with E-state index in [0.29, 0.717) is 32.5 Å². The number of hydrogen-bond donors (Lipinski definition) is 1. The summed E-state index contributed by atoms with van der Waals surface area (Å²) in [5.41, 5.74) is 2.71. The maximum Gasteiger partial charge on any atom is 0.326 e. The lowest BCUT2D eigenvalue weighted by Gasteiger charge is -2.39. The highest BCUT2D eigenvalue weighted by molar-refractivity contribution is 5.87. The predicted molar refractivity (Wildman–Crippen MR) is 158 cm³/mol. The van der Waals surface area contributed by atoms with E-state index in [1.807, 2.05) is 73.3 Å². The van der Waals surface area contributed by atoms with Gasteiger partial charge < -0.3 is 14.9 Å². The summed E-state index contributed by atoms with van der Waals surface area (Å²) in [6, 6.07) is 30.0. The molecule has 0 bridgehead atoms. The van der Waals surface area contributed by atoms with Crippen LogP contribution in [-0.2, 0) is 19.9 Å². The van der Waals surface area contributed by atoms with Crippen LogP contribution in [0.15, 0.2) is 91.0 Å². The molecule has 3 atom stereocenters. The molecule has 3 aromatic rings. The van der Waals surface area contributed by atoms with Crippen molar-refractivity contribution in [2.75, 3.05) is 26.7 Å². The first kappa shape index (κ1) is 28.6. The summed E-state index contributed by atoms with van der Waals surface area (Å²) in [6.07, 6.45) is 1.07. The molecule has 2 heterocycles. The van der Waals surface area contributed by atoms with Crippen LogP contribution in [-0.4, -0.2) is 76.4 Å². The van der Waals surface area contributed by atoms with Crippen molar-refractivity contribution in [2.45, 2.75) is 44.3 Å². The summed E-state index contributed by atoms with van der Waals surface area (Å²) in [5.74, 6) is -1.53. The minimum absolute atomic E-state index is 0.0852. The highest BCUT2D eigenvalue weighted by Gasteiger charge is 2.57. The van der Waals surface area contributed by atoms with Crippen LogP contribution < -0.4 is 0 Å². The Kier molecular flexibility index (Phi) is 8.27. The quantitative estimate of drug-likeness (QED) is 0.313. The van der Waals surface area contributed by atoms with Gasteiger partial charge in [0.05, 0.1) is 5.54 Å². The van der Waals surface area contributed by atoms with Crippen molar-refractivity contribution < 1.29 is 19.5 Å². The third-order valence-corrected chi connectivity index (χ3v) is 8.71. The Labute approximate surface area is 242 Å². The summed E-state index contributed by atoms with van der Waals surface area (Å²) in [6.45, 7) is 5.23. The van der Waals surface area contributed by atoms with Crippen molar-refractivity contribution in [1.29, 1.82) is 0 Å². The highest BCUT2D eigenvalue weighted by Crippen LogP contribution is 2.48. The van der Waals surface area contributed by atoms with Gasteiger partial charge in [-0.2, -0.15) is 0 Å². The third kappa shape index (κ3) is 5.38. The Morgan fingerprint density at radius 3 is 1.63 bits per heavy atom. The largest absolute Gasteiger partial charge is 0.480 e. The number of carbonyl (C=O) groups is 3. The molecule has 0 saturated carbocycles. The van der Waals surface area contributed by atoms with Crippen molar-refractivity contribution in [3.63, 3.8) is 0 Å². The third-order valence-electron chi connectivity index (χ3n) is 8.71. The normalized spacial score (nSPS) is 20.0. The van der Waals surface area contributed by atoms with Crippen molar-refractivity contribution >= 4 is 17.8 Å². The standard InChI is InChI=1S/C34H39N3O4/c1-24(2)30(33(40)41)35(3)31(38)25-19-21-36(22-20-25)32(39)29-23-37(29)34(26-13-7-4-8-14-26,27-15-9-5-10-16-27)28-17-11-6-12-18-28/h4-18,24-25,29-30H,19-23H2,1-3H3,(H,40,41). The van der Waals surface area contributed by atoms with E-state index in [4.69, 9.17) is 0 Å². The molecule has 0 aliphatic carbocycles. The first-order valence-corrected chi connectivity index (χ1v) is 14.5. The fourth-order valence-corrected chi connectivity index (χ4v) is 6.64. The van der Waals surface area contributed by atoms with Gasteiger partial charge in [-0.1, -0.05) is 105 Å². The monoisotopic (exact) mass is 553 g/mol. The van der Waals surface area contributed by atoms with E-state index < -0.39 is 17.6 Å². The van der Waals surface area contributed by atoms with Gasteiger partial charge in [-0.3, -0.25) is 14.5 Å². The van der Waals surface area contributed by atoms with Crippen LogP contribution in [0.3, 0.4) is 0 Å². The van der Waals surface area contributed by atoms with Gasteiger partial charge in [-0.25, -0.2) is 4.79 Å². The zero-order valence-corrected chi connectivity index (χ0v) is 24.0. The first-order valence-electron chi connectivity index (χ1n) is 14.5. The summed E-state index contributed by atoms with van der Waals surface area (Å²) in [5, 5.41) is 9.63. The van der Waals surface area contributed by atoms with E-state index in [-0.39, 0.29) is 29.7 Å². The van der Waals surface area contributed by atoms with Gasteiger partial charge in [-0.05, 0) is 35.4 Å². The van der Waals surface area contributed by atoms with Crippen molar-refractivity contribution in [3.05, 3.63) is 108 Å². The van der Waals surface area contributed by atoms with Crippen LogP contribution in [0.5, 0.6) is 0 Å². The Morgan fingerprint density at radius 2 is 1.24 bits per heavy atom. The molecule has 0 radical (unpaired) electrons. The van der Waals surface area contributed by atoms with Crippen molar-refractivity contribution in [2.24, 2.45) is 11.8 Å². The lowest BCUT2D eigenvalue weighted by atomic mass is 9.76. The summed E-state index contributed by atoms with van der Waals surface area (Å²) >= 11 is 0. The van der Waals surface area contributed by atoms with Crippen LogP contribution in [0, 0.1) is 11.8 Å². The number of nitrogens with zero attached hydrogens (tertiary/aromatic N) is 3. The van der Waals surface area contributed by atoms with E-state index in [9.17, 15) is 19.5 Å². The maximum atomic E-state index is 13.9. The van der Waals surface area contributed by atoms with Gasteiger partial charge in [0.1, 0.15) is 12.1 Å². The molecule has 41 heavy (non-hydrogen) atoms. The Hall–Kier alpha value is -3.97. The highest BCUT2D eigenvalue weighted by atomic mass is 16.4.